The van der Waals surface area contributed by atoms with Crippen molar-refractivity contribution in [1.29, 1.82) is 5.26 Å². The number of rotatable bonds is 3. The first-order valence-electron chi connectivity index (χ1n) is 7.91. The van der Waals surface area contributed by atoms with E-state index in [1.807, 2.05) is 30.3 Å². The molecule has 116 valence electrons. The van der Waals surface area contributed by atoms with Crippen LogP contribution in [-0.2, 0) is 0 Å². The van der Waals surface area contributed by atoms with Gasteiger partial charge in [-0.1, -0.05) is 34.1 Å². The third-order valence-corrected chi connectivity index (χ3v) is 4.83. The van der Waals surface area contributed by atoms with Crippen LogP contribution in [0.5, 0.6) is 0 Å². The molecular weight excluding hydrogens is 348 g/mol. The number of aryl methyl sites for hydroxylation is 1. The molecule has 0 unspecified atom stereocenters. The Labute approximate surface area is 146 Å². The van der Waals surface area contributed by atoms with Gasteiger partial charge in [0.15, 0.2) is 0 Å². The molecule has 0 amide bonds. The molecule has 3 heteroatoms. The maximum atomic E-state index is 9.49. The fraction of sp³-hybridized carbons (Fsp3) is 0.250. The number of nitrogens with zero attached hydrogens (tertiary/aromatic N) is 2. The molecule has 0 radical (unpaired) electrons. The Morgan fingerprint density at radius 3 is 2.43 bits per heavy atom. The van der Waals surface area contributed by atoms with Crippen LogP contribution in [0, 0.1) is 18.3 Å². The Balaban J connectivity index is 1.91. The van der Waals surface area contributed by atoms with Gasteiger partial charge in [0.05, 0.1) is 11.6 Å². The molecule has 2 aromatic rings. The lowest BCUT2D eigenvalue weighted by Crippen LogP contribution is -2.17. The summed E-state index contributed by atoms with van der Waals surface area (Å²) >= 11 is 3.43. The lowest BCUT2D eigenvalue weighted by Gasteiger charge is -2.18. The van der Waals surface area contributed by atoms with Crippen LogP contribution in [0.25, 0.3) is 11.6 Å². The molecule has 0 atom stereocenters. The summed E-state index contributed by atoms with van der Waals surface area (Å²) < 4.78 is 1.02. The summed E-state index contributed by atoms with van der Waals surface area (Å²) in [7, 11) is 0. The highest BCUT2D eigenvalue weighted by Gasteiger charge is 2.13. The fourth-order valence-electron chi connectivity index (χ4n) is 2.96. The van der Waals surface area contributed by atoms with Gasteiger partial charge in [-0.3, -0.25) is 0 Å². The topological polar surface area (TPSA) is 27.0 Å². The van der Waals surface area contributed by atoms with E-state index in [0.29, 0.717) is 5.57 Å². The van der Waals surface area contributed by atoms with Crippen LogP contribution >= 0.6 is 15.9 Å². The molecule has 0 N–H and O–H groups in total. The van der Waals surface area contributed by atoms with E-state index in [0.717, 1.165) is 28.7 Å². The van der Waals surface area contributed by atoms with Crippen LogP contribution in [0.2, 0.25) is 0 Å². The van der Waals surface area contributed by atoms with Crippen LogP contribution in [0.1, 0.15) is 29.5 Å². The second-order valence-electron chi connectivity index (χ2n) is 5.91. The fourth-order valence-corrected chi connectivity index (χ4v) is 3.22. The highest BCUT2D eigenvalue weighted by Crippen LogP contribution is 2.26. The molecule has 0 bridgehead atoms. The zero-order valence-electron chi connectivity index (χ0n) is 13.2. The highest BCUT2D eigenvalue weighted by atomic mass is 79.9. The Morgan fingerprint density at radius 1 is 1.13 bits per heavy atom. The predicted octanol–water partition coefficient (Wildman–Crippen LogP) is 5.42. The maximum Gasteiger partial charge on any atom is 0.0998 e. The van der Waals surface area contributed by atoms with Gasteiger partial charge < -0.3 is 4.90 Å². The van der Waals surface area contributed by atoms with Crippen molar-refractivity contribution in [2.45, 2.75) is 19.8 Å². The van der Waals surface area contributed by atoms with Gasteiger partial charge in [-0.2, -0.15) is 5.26 Å². The number of nitriles is 1. The molecule has 0 spiro atoms. The Morgan fingerprint density at radius 2 is 1.83 bits per heavy atom. The summed E-state index contributed by atoms with van der Waals surface area (Å²) in [6, 6.07) is 16.7. The van der Waals surface area contributed by atoms with Gasteiger partial charge in [0.2, 0.25) is 0 Å². The normalized spacial score (nSPS) is 14.8. The van der Waals surface area contributed by atoms with E-state index in [-0.39, 0.29) is 0 Å². The van der Waals surface area contributed by atoms with Crippen LogP contribution < -0.4 is 4.90 Å². The molecule has 23 heavy (non-hydrogen) atoms. The van der Waals surface area contributed by atoms with Crippen molar-refractivity contribution in [2.75, 3.05) is 18.0 Å². The molecule has 1 fully saturated rings. The molecule has 1 saturated heterocycles. The second kappa shape index (κ2) is 7.02. The van der Waals surface area contributed by atoms with Crippen molar-refractivity contribution in [2.24, 2.45) is 0 Å². The lowest BCUT2D eigenvalue weighted by molar-refractivity contribution is 0.949. The summed E-state index contributed by atoms with van der Waals surface area (Å²) in [5, 5.41) is 9.49. The second-order valence-corrected chi connectivity index (χ2v) is 6.83. The average Bonchev–Trinajstić information content (AvgIpc) is 3.09. The van der Waals surface area contributed by atoms with E-state index in [4.69, 9.17) is 0 Å². The third kappa shape index (κ3) is 3.65. The quantitative estimate of drug-likeness (QED) is 0.535. The van der Waals surface area contributed by atoms with E-state index in [9.17, 15) is 5.26 Å². The SMILES string of the molecule is Cc1cc(N2CCCC2)ccc1C=C(C#N)c1ccc(Br)cc1. The number of hydrogen-bond acceptors (Lipinski definition) is 2. The number of allylic oxidation sites excluding steroid dienone is 1. The number of halogens is 1. The van der Waals surface area contributed by atoms with Gasteiger partial charge in [0.1, 0.15) is 0 Å². The molecule has 0 aromatic heterocycles. The smallest absolute Gasteiger partial charge is 0.0998 e. The Bertz CT molecular complexity index is 763. The molecular formula is C20H19BrN2. The zero-order valence-corrected chi connectivity index (χ0v) is 14.8. The first-order valence-corrected chi connectivity index (χ1v) is 8.70. The summed E-state index contributed by atoms with van der Waals surface area (Å²) in [6.45, 7) is 4.41. The Kier molecular flexibility index (Phi) is 4.83. The van der Waals surface area contributed by atoms with Gasteiger partial charge >= 0.3 is 0 Å². The van der Waals surface area contributed by atoms with Gasteiger partial charge in [0.25, 0.3) is 0 Å². The number of anilines is 1. The van der Waals surface area contributed by atoms with E-state index in [1.54, 1.807) is 0 Å². The number of benzene rings is 2. The van der Waals surface area contributed by atoms with Crippen molar-refractivity contribution >= 4 is 33.3 Å². The van der Waals surface area contributed by atoms with Crippen LogP contribution in [0.3, 0.4) is 0 Å². The van der Waals surface area contributed by atoms with Gasteiger partial charge in [-0.15, -0.1) is 0 Å². The average molecular weight is 367 g/mol. The van der Waals surface area contributed by atoms with Crippen LogP contribution in [0.4, 0.5) is 5.69 Å². The van der Waals surface area contributed by atoms with E-state index >= 15 is 0 Å². The Hall–Kier alpha value is -2.05. The minimum absolute atomic E-state index is 0.689. The van der Waals surface area contributed by atoms with Crippen molar-refractivity contribution in [3.8, 4) is 6.07 Å². The molecule has 0 saturated carbocycles. The van der Waals surface area contributed by atoms with E-state index in [2.05, 4.69) is 52.0 Å². The summed E-state index contributed by atoms with van der Waals surface area (Å²) in [5.41, 5.74) is 5.24. The third-order valence-electron chi connectivity index (χ3n) is 4.30. The number of hydrogen-bond donors (Lipinski definition) is 0. The molecule has 2 aromatic carbocycles. The minimum atomic E-state index is 0.689. The zero-order chi connectivity index (χ0) is 16.2. The van der Waals surface area contributed by atoms with E-state index < -0.39 is 0 Å². The monoisotopic (exact) mass is 366 g/mol. The van der Waals surface area contributed by atoms with Crippen molar-refractivity contribution in [3.63, 3.8) is 0 Å². The molecule has 1 heterocycles. The molecule has 1 aliphatic heterocycles. The van der Waals surface area contributed by atoms with E-state index in [1.165, 1.54) is 24.1 Å². The molecule has 3 rings (SSSR count). The molecule has 1 aliphatic rings. The molecule has 2 nitrogen and oxygen atoms in total. The highest BCUT2D eigenvalue weighted by molar-refractivity contribution is 9.10. The first-order chi connectivity index (χ1) is 11.2. The summed E-state index contributed by atoms with van der Waals surface area (Å²) in [5.74, 6) is 0. The van der Waals surface area contributed by atoms with Crippen LogP contribution in [0.15, 0.2) is 46.9 Å². The summed E-state index contributed by atoms with van der Waals surface area (Å²) in [6.07, 6.45) is 4.54. The first kappa shape index (κ1) is 15.8. The predicted molar refractivity (Wildman–Crippen MR) is 100 cm³/mol. The van der Waals surface area contributed by atoms with Crippen molar-refractivity contribution in [3.05, 3.63) is 63.6 Å². The standard InChI is InChI=1S/C20H19BrN2/c1-15-12-20(23-10-2-3-11-23)9-6-17(15)13-18(14-22)16-4-7-19(21)8-5-16/h4-9,12-13H,2-3,10-11H2,1H3. The largest absolute Gasteiger partial charge is 0.372 e. The maximum absolute atomic E-state index is 9.49. The van der Waals surface area contributed by atoms with Crippen LogP contribution in [-0.4, -0.2) is 13.1 Å². The summed E-state index contributed by atoms with van der Waals surface area (Å²) in [4.78, 5) is 2.43. The van der Waals surface area contributed by atoms with Crippen molar-refractivity contribution in [1.82, 2.24) is 0 Å². The lowest BCUT2D eigenvalue weighted by atomic mass is 10.0. The minimum Gasteiger partial charge on any atom is -0.372 e. The van der Waals surface area contributed by atoms with Gasteiger partial charge in [-0.25, -0.2) is 0 Å². The molecule has 0 aliphatic carbocycles. The van der Waals surface area contributed by atoms with Gasteiger partial charge in [-0.05, 0) is 66.8 Å². The van der Waals surface area contributed by atoms with Crippen molar-refractivity contribution < 1.29 is 0 Å². The van der Waals surface area contributed by atoms with Gasteiger partial charge in [0, 0.05) is 23.2 Å².